The van der Waals surface area contributed by atoms with Crippen LogP contribution in [0.3, 0.4) is 0 Å². The van der Waals surface area contributed by atoms with Gasteiger partial charge in [-0.1, -0.05) is 15.9 Å². The molecule has 0 bridgehead atoms. The van der Waals surface area contributed by atoms with E-state index in [1.807, 2.05) is 27.7 Å². The summed E-state index contributed by atoms with van der Waals surface area (Å²) in [7, 11) is -0.707. The molecule has 0 saturated carbocycles. The molecule has 18 heavy (non-hydrogen) atoms. The summed E-state index contributed by atoms with van der Waals surface area (Å²) in [6, 6.07) is 3.42. The maximum absolute atomic E-state index is 14.2. The molecule has 1 aromatic carbocycles. The largest absolute Gasteiger partial charge is 0.499 e. The van der Waals surface area contributed by atoms with Crippen molar-refractivity contribution < 1.29 is 13.7 Å². The quantitative estimate of drug-likeness (QED) is 0.547. The Hall–Kier alpha value is 0.0949. The number of rotatable bonds is 1. The third-order valence-corrected chi connectivity index (χ3v) is 4.87. The van der Waals surface area contributed by atoms with E-state index in [9.17, 15) is 4.39 Å². The van der Waals surface area contributed by atoms with Gasteiger partial charge in [0.25, 0.3) is 0 Å². The Balaban J connectivity index is 2.44. The molecular weight excluding hydrogens is 366 g/mol. The Bertz CT molecular complexity index is 475. The van der Waals surface area contributed by atoms with Crippen molar-refractivity contribution in [3.8, 4) is 0 Å². The summed E-state index contributed by atoms with van der Waals surface area (Å²) in [5.74, 6) is -0.358. The van der Waals surface area contributed by atoms with Crippen LogP contribution in [0, 0.1) is 5.82 Å². The molecule has 0 aliphatic carbocycles. The monoisotopic (exact) mass is 378 g/mol. The highest BCUT2D eigenvalue weighted by molar-refractivity contribution is 9.11. The molecule has 98 valence electrons. The minimum Gasteiger partial charge on any atom is -0.399 e. The van der Waals surface area contributed by atoms with E-state index in [4.69, 9.17) is 9.31 Å². The van der Waals surface area contributed by atoms with Crippen LogP contribution in [0.1, 0.15) is 27.7 Å². The average Bonchev–Trinajstić information content (AvgIpc) is 2.43. The Morgan fingerprint density at radius 3 is 1.94 bits per heavy atom. The van der Waals surface area contributed by atoms with Gasteiger partial charge in [-0.05, 0) is 55.8 Å². The van der Waals surface area contributed by atoms with Crippen LogP contribution in [0.4, 0.5) is 4.39 Å². The SMILES string of the molecule is CC1(C)OB(c2c(Br)ccc(Br)c2F)OC1(C)C. The van der Waals surface area contributed by atoms with Crippen molar-refractivity contribution >= 4 is 44.4 Å². The van der Waals surface area contributed by atoms with Gasteiger partial charge in [-0.3, -0.25) is 0 Å². The van der Waals surface area contributed by atoms with E-state index in [1.54, 1.807) is 12.1 Å². The van der Waals surface area contributed by atoms with E-state index in [-0.39, 0.29) is 5.82 Å². The average molecular weight is 380 g/mol. The van der Waals surface area contributed by atoms with Crippen molar-refractivity contribution in [3.63, 3.8) is 0 Å². The highest BCUT2D eigenvalue weighted by Crippen LogP contribution is 2.37. The zero-order chi connectivity index (χ0) is 13.7. The molecule has 0 aromatic heterocycles. The van der Waals surface area contributed by atoms with Gasteiger partial charge in [0, 0.05) is 9.94 Å². The molecule has 0 spiro atoms. The van der Waals surface area contributed by atoms with Crippen LogP contribution in [0.5, 0.6) is 0 Å². The van der Waals surface area contributed by atoms with E-state index >= 15 is 0 Å². The summed E-state index contributed by atoms with van der Waals surface area (Å²) in [5, 5.41) is 0. The third kappa shape index (κ3) is 2.28. The van der Waals surface area contributed by atoms with E-state index in [0.29, 0.717) is 14.4 Å². The van der Waals surface area contributed by atoms with Gasteiger partial charge < -0.3 is 9.31 Å². The second-order valence-electron chi connectivity index (χ2n) is 5.35. The fourth-order valence-corrected chi connectivity index (χ4v) is 2.56. The summed E-state index contributed by atoms with van der Waals surface area (Å²) >= 11 is 6.52. The molecule has 1 aromatic rings. The Morgan fingerprint density at radius 1 is 1.00 bits per heavy atom. The predicted octanol–water partition coefficient (Wildman–Crippen LogP) is 3.65. The van der Waals surface area contributed by atoms with Crippen molar-refractivity contribution in [1.29, 1.82) is 0 Å². The van der Waals surface area contributed by atoms with E-state index < -0.39 is 18.3 Å². The van der Waals surface area contributed by atoms with Crippen LogP contribution in [0.25, 0.3) is 0 Å². The van der Waals surface area contributed by atoms with Gasteiger partial charge in [0.2, 0.25) is 0 Å². The molecule has 1 aliphatic heterocycles. The first-order chi connectivity index (χ1) is 8.16. The van der Waals surface area contributed by atoms with Crippen molar-refractivity contribution in [2.24, 2.45) is 0 Å². The molecule has 2 nitrogen and oxygen atoms in total. The van der Waals surface area contributed by atoms with E-state index in [0.717, 1.165) is 0 Å². The molecule has 1 fully saturated rings. The first-order valence-electron chi connectivity index (χ1n) is 5.65. The lowest BCUT2D eigenvalue weighted by Crippen LogP contribution is -2.41. The van der Waals surface area contributed by atoms with Crippen LogP contribution in [-0.2, 0) is 9.31 Å². The van der Waals surface area contributed by atoms with Gasteiger partial charge in [0.15, 0.2) is 0 Å². The second kappa shape index (κ2) is 4.58. The van der Waals surface area contributed by atoms with Gasteiger partial charge in [-0.2, -0.15) is 0 Å². The van der Waals surface area contributed by atoms with Gasteiger partial charge >= 0.3 is 7.12 Å². The Morgan fingerprint density at radius 2 is 1.44 bits per heavy atom. The maximum Gasteiger partial charge on any atom is 0.499 e. The zero-order valence-electron chi connectivity index (χ0n) is 10.7. The van der Waals surface area contributed by atoms with Crippen molar-refractivity contribution in [2.45, 2.75) is 38.9 Å². The van der Waals surface area contributed by atoms with Crippen molar-refractivity contribution in [2.75, 3.05) is 0 Å². The molecule has 1 heterocycles. The van der Waals surface area contributed by atoms with E-state index in [2.05, 4.69) is 31.9 Å². The molecule has 6 heteroatoms. The van der Waals surface area contributed by atoms with Gasteiger partial charge in [-0.15, -0.1) is 0 Å². The molecular formula is C12H14BBr2FO2. The standard InChI is InChI=1S/C12H14BBr2FO2/c1-11(2)12(3,4)18-13(17-11)9-7(14)5-6-8(15)10(9)16/h5-6H,1-4H3. The minimum absolute atomic E-state index is 0.358. The lowest BCUT2D eigenvalue weighted by atomic mass is 9.79. The summed E-state index contributed by atoms with van der Waals surface area (Å²) < 4.78 is 26.9. The zero-order valence-corrected chi connectivity index (χ0v) is 13.9. The first-order valence-corrected chi connectivity index (χ1v) is 7.23. The highest BCUT2D eigenvalue weighted by atomic mass is 79.9. The number of hydrogen-bond donors (Lipinski definition) is 0. The van der Waals surface area contributed by atoms with Crippen molar-refractivity contribution in [3.05, 3.63) is 26.9 Å². The van der Waals surface area contributed by atoms with Crippen molar-refractivity contribution in [1.82, 2.24) is 0 Å². The second-order valence-corrected chi connectivity index (χ2v) is 7.05. The third-order valence-electron chi connectivity index (χ3n) is 3.57. The molecule has 0 unspecified atom stereocenters. The maximum atomic E-state index is 14.2. The highest BCUT2D eigenvalue weighted by Gasteiger charge is 2.53. The van der Waals surface area contributed by atoms with Crippen LogP contribution < -0.4 is 5.46 Å². The fraction of sp³-hybridized carbons (Fsp3) is 0.500. The molecule has 0 N–H and O–H groups in total. The molecule has 0 atom stereocenters. The summed E-state index contributed by atoms with van der Waals surface area (Å²) in [5.41, 5.74) is -0.569. The molecule has 0 amide bonds. The van der Waals surface area contributed by atoms with E-state index in [1.165, 1.54) is 0 Å². The van der Waals surface area contributed by atoms with Crippen LogP contribution in [0.2, 0.25) is 0 Å². The summed E-state index contributed by atoms with van der Waals surface area (Å²) in [4.78, 5) is 0. The van der Waals surface area contributed by atoms with Gasteiger partial charge in [0.05, 0.1) is 15.7 Å². The smallest absolute Gasteiger partial charge is 0.399 e. The topological polar surface area (TPSA) is 18.5 Å². The van der Waals surface area contributed by atoms with Crippen LogP contribution in [-0.4, -0.2) is 18.3 Å². The summed E-state index contributed by atoms with van der Waals surface area (Å²) in [6.45, 7) is 7.77. The number of benzene rings is 1. The number of halogens is 3. The molecule has 1 saturated heterocycles. The first kappa shape index (κ1) is 14.5. The predicted molar refractivity (Wildman–Crippen MR) is 77.5 cm³/mol. The Kier molecular flexibility index (Phi) is 3.69. The Labute approximate surface area is 124 Å². The van der Waals surface area contributed by atoms with Crippen LogP contribution in [0.15, 0.2) is 21.1 Å². The molecule has 1 aliphatic rings. The van der Waals surface area contributed by atoms with Crippen LogP contribution >= 0.6 is 31.9 Å². The number of hydrogen-bond acceptors (Lipinski definition) is 2. The fourth-order valence-electron chi connectivity index (χ4n) is 1.72. The molecule has 0 radical (unpaired) electrons. The normalized spacial score (nSPS) is 21.4. The molecule has 2 rings (SSSR count). The summed E-state index contributed by atoms with van der Waals surface area (Å²) in [6.07, 6.45) is 0. The minimum atomic E-state index is -0.707. The lowest BCUT2D eigenvalue weighted by molar-refractivity contribution is 0.00578. The lowest BCUT2D eigenvalue weighted by Gasteiger charge is -2.32. The van der Waals surface area contributed by atoms with Gasteiger partial charge in [-0.25, -0.2) is 4.39 Å². The van der Waals surface area contributed by atoms with Gasteiger partial charge in [0.1, 0.15) is 5.82 Å².